The highest BCUT2D eigenvalue weighted by atomic mass is 16.2. The van der Waals surface area contributed by atoms with Gasteiger partial charge < -0.3 is 14.8 Å². The van der Waals surface area contributed by atoms with Crippen molar-refractivity contribution in [2.24, 2.45) is 0 Å². The molecule has 0 spiro atoms. The Morgan fingerprint density at radius 3 is 2.55 bits per heavy atom. The molecule has 2 aromatic carbocycles. The first-order chi connectivity index (χ1) is 15.2. The van der Waals surface area contributed by atoms with Gasteiger partial charge in [0.2, 0.25) is 11.8 Å². The van der Waals surface area contributed by atoms with E-state index in [4.69, 9.17) is 0 Å². The van der Waals surface area contributed by atoms with Gasteiger partial charge in [-0.25, -0.2) is 0 Å². The lowest BCUT2D eigenvalue weighted by molar-refractivity contribution is -0.158. The van der Waals surface area contributed by atoms with Gasteiger partial charge in [-0.15, -0.1) is 0 Å². The number of carbonyl (C=O) groups excluding carboxylic acids is 2. The molecular formula is C26H29N3O2. The molecule has 2 aliphatic heterocycles. The van der Waals surface area contributed by atoms with Crippen LogP contribution in [0.1, 0.15) is 55.5 Å². The van der Waals surface area contributed by atoms with Gasteiger partial charge in [0.1, 0.15) is 6.04 Å². The van der Waals surface area contributed by atoms with Gasteiger partial charge in [-0.2, -0.15) is 0 Å². The minimum Gasteiger partial charge on any atom is -0.356 e. The van der Waals surface area contributed by atoms with E-state index in [2.05, 4.69) is 36.2 Å². The smallest absolute Gasteiger partial charge is 0.246 e. The summed E-state index contributed by atoms with van der Waals surface area (Å²) in [5.41, 5.74) is 4.31. The SMILES string of the molecule is CCCCCCN1CC(=O)N2C(c3ccccc3)c3[nH]c4ccccc4c3C[C@H]2C1=O. The molecule has 5 nitrogen and oxygen atoms in total. The highest BCUT2D eigenvalue weighted by Crippen LogP contribution is 2.42. The van der Waals surface area contributed by atoms with E-state index in [1.807, 2.05) is 35.2 Å². The van der Waals surface area contributed by atoms with Gasteiger partial charge in [0.05, 0.1) is 12.6 Å². The number of nitrogens with zero attached hydrogens (tertiary/aromatic N) is 2. The number of para-hydroxylation sites is 1. The van der Waals surface area contributed by atoms with Gasteiger partial charge in [-0.3, -0.25) is 9.59 Å². The molecule has 1 unspecified atom stereocenters. The summed E-state index contributed by atoms with van der Waals surface area (Å²) in [5.74, 6) is 0.131. The van der Waals surface area contributed by atoms with Crippen LogP contribution in [0, 0.1) is 0 Å². The van der Waals surface area contributed by atoms with Crippen LogP contribution in [-0.2, 0) is 16.0 Å². The Morgan fingerprint density at radius 2 is 1.74 bits per heavy atom. The number of aromatic nitrogens is 1. The van der Waals surface area contributed by atoms with Crippen LogP contribution >= 0.6 is 0 Å². The number of hydrogen-bond donors (Lipinski definition) is 1. The van der Waals surface area contributed by atoms with Crippen LogP contribution in [0.15, 0.2) is 54.6 Å². The van der Waals surface area contributed by atoms with E-state index in [9.17, 15) is 9.59 Å². The zero-order chi connectivity index (χ0) is 21.4. The second-order valence-electron chi connectivity index (χ2n) is 8.72. The van der Waals surface area contributed by atoms with Crippen molar-refractivity contribution in [3.63, 3.8) is 0 Å². The van der Waals surface area contributed by atoms with E-state index in [1.54, 1.807) is 4.90 Å². The van der Waals surface area contributed by atoms with Crippen LogP contribution in [0.2, 0.25) is 0 Å². The fraction of sp³-hybridized carbons (Fsp3) is 0.385. The van der Waals surface area contributed by atoms with Gasteiger partial charge in [-0.05, 0) is 23.6 Å². The van der Waals surface area contributed by atoms with Crippen LogP contribution in [-0.4, -0.2) is 45.7 Å². The molecule has 1 aromatic heterocycles. The van der Waals surface area contributed by atoms with Crippen LogP contribution in [0.25, 0.3) is 10.9 Å². The zero-order valence-electron chi connectivity index (χ0n) is 18.0. The molecule has 0 aliphatic carbocycles. The summed E-state index contributed by atoms with van der Waals surface area (Å²) in [6, 6.07) is 17.6. The molecule has 1 fully saturated rings. The molecule has 1 N–H and O–H groups in total. The van der Waals surface area contributed by atoms with Gasteiger partial charge in [0.15, 0.2) is 0 Å². The molecule has 5 rings (SSSR count). The monoisotopic (exact) mass is 415 g/mol. The molecule has 1 saturated heterocycles. The highest BCUT2D eigenvalue weighted by molar-refractivity contribution is 5.97. The largest absolute Gasteiger partial charge is 0.356 e. The van der Waals surface area contributed by atoms with Crippen molar-refractivity contribution >= 4 is 22.7 Å². The summed E-state index contributed by atoms with van der Waals surface area (Å²) in [4.78, 5) is 34.1. The normalized spacial score (nSPS) is 20.8. The van der Waals surface area contributed by atoms with Crippen molar-refractivity contribution in [1.82, 2.24) is 14.8 Å². The molecule has 5 heteroatoms. The first kappa shape index (κ1) is 19.9. The Morgan fingerprint density at radius 1 is 0.968 bits per heavy atom. The molecule has 2 atom stereocenters. The number of amides is 2. The van der Waals surface area contributed by atoms with E-state index in [0.717, 1.165) is 41.4 Å². The lowest BCUT2D eigenvalue weighted by atomic mass is 9.86. The van der Waals surface area contributed by atoms with Crippen molar-refractivity contribution in [1.29, 1.82) is 0 Å². The molecule has 3 aromatic rings. The summed E-state index contributed by atoms with van der Waals surface area (Å²) in [6.45, 7) is 3.03. The zero-order valence-corrected chi connectivity index (χ0v) is 18.0. The Hall–Kier alpha value is -3.08. The van der Waals surface area contributed by atoms with Crippen molar-refractivity contribution in [2.75, 3.05) is 13.1 Å². The molecule has 3 heterocycles. The van der Waals surface area contributed by atoms with E-state index in [-0.39, 0.29) is 24.4 Å². The number of piperazine rings is 1. The number of fused-ring (bicyclic) bond motifs is 4. The van der Waals surface area contributed by atoms with E-state index in [1.165, 1.54) is 12.0 Å². The van der Waals surface area contributed by atoms with Crippen LogP contribution in [0.3, 0.4) is 0 Å². The second kappa shape index (κ2) is 8.22. The van der Waals surface area contributed by atoms with Crippen molar-refractivity contribution in [3.05, 3.63) is 71.4 Å². The summed E-state index contributed by atoms with van der Waals surface area (Å²) in [7, 11) is 0. The lowest BCUT2D eigenvalue weighted by Gasteiger charge is -2.47. The van der Waals surface area contributed by atoms with E-state index in [0.29, 0.717) is 13.0 Å². The minimum absolute atomic E-state index is 0.0400. The van der Waals surface area contributed by atoms with Crippen LogP contribution < -0.4 is 0 Å². The Kier molecular flexibility index (Phi) is 5.26. The van der Waals surface area contributed by atoms with Crippen molar-refractivity contribution in [2.45, 2.75) is 51.1 Å². The average molecular weight is 416 g/mol. The minimum atomic E-state index is -0.440. The van der Waals surface area contributed by atoms with E-state index < -0.39 is 6.04 Å². The first-order valence-corrected chi connectivity index (χ1v) is 11.4. The molecule has 0 bridgehead atoms. The predicted molar refractivity (Wildman–Crippen MR) is 122 cm³/mol. The molecule has 0 saturated carbocycles. The third kappa shape index (κ3) is 3.42. The third-order valence-electron chi connectivity index (χ3n) is 6.74. The first-order valence-electron chi connectivity index (χ1n) is 11.4. The van der Waals surface area contributed by atoms with E-state index >= 15 is 0 Å². The molecular weight excluding hydrogens is 386 g/mol. The highest BCUT2D eigenvalue weighted by Gasteiger charge is 2.47. The Balaban J connectivity index is 1.55. The van der Waals surface area contributed by atoms with Gasteiger partial charge in [0, 0.05) is 29.6 Å². The second-order valence-corrected chi connectivity index (χ2v) is 8.72. The predicted octanol–water partition coefficient (Wildman–Crippen LogP) is 4.43. The standard InChI is InChI=1S/C26H29N3O2/c1-2-3-4-10-15-28-17-23(30)29-22(26(28)31)16-20-19-13-8-9-14-21(19)27-24(20)25(29)18-11-6-5-7-12-18/h5-9,11-14,22,25,27H,2-4,10,15-17H2,1H3/t22-,25?/m0/s1. The van der Waals surface area contributed by atoms with Crippen LogP contribution in [0.5, 0.6) is 0 Å². The summed E-state index contributed by atoms with van der Waals surface area (Å²) < 4.78 is 0. The number of rotatable bonds is 6. The van der Waals surface area contributed by atoms with Crippen molar-refractivity contribution < 1.29 is 9.59 Å². The number of aromatic amines is 1. The molecule has 0 radical (unpaired) electrons. The number of H-pyrrole nitrogens is 1. The Bertz CT molecular complexity index is 1100. The fourth-order valence-electron chi connectivity index (χ4n) is 5.22. The summed E-state index contributed by atoms with van der Waals surface area (Å²) in [5, 5.41) is 1.15. The number of benzene rings is 2. The maximum atomic E-state index is 13.5. The quantitative estimate of drug-likeness (QED) is 0.606. The fourth-order valence-corrected chi connectivity index (χ4v) is 5.22. The van der Waals surface area contributed by atoms with Gasteiger partial charge >= 0.3 is 0 Å². The molecule has 160 valence electrons. The lowest BCUT2D eigenvalue weighted by Crippen LogP contribution is -2.63. The Labute approximate surface area is 183 Å². The van der Waals surface area contributed by atoms with Gasteiger partial charge in [0.25, 0.3) is 0 Å². The third-order valence-corrected chi connectivity index (χ3v) is 6.74. The van der Waals surface area contributed by atoms with Crippen molar-refractivity contribution in [3.8, 4) is 0 Å². The molecule has 2 aliphatic rings. The molecule has 31 heavy (non-hydrogen) atoms. The number of carbonyl (C=O) groups is 2. The summed E-state index contributed by atoms with van der Waals surface area (Å²) >= 11 is 0. The topological polar surface area (TPSA) is 56.4 Å². The number of unbranched alkanes of at least 4 members (excludes halogenated alkanes) is 3. The number of hydrogen-bond acceptors (Lipinski definition) is 2. The maximum Gasteiger partial charge on any atom is 0.246 e. The molecule has 2 amide bonds. The van der Waals surface area contributed by atoms with Gasteiger partial charge in [-0.1, -0.05) is 74.7 Å². The number of nitrogens with one attached hydrogen (secondary N) is 1. The summed E-state index contributed by atoms with van der Waals surface area (Å²) in [6.07, 6.45) is 4.95. The average Bonchev–Trinajstić information content (AvgIpc) is 3.17. The van der Waals surface area contributed by atoms with Crippen LogP contribution in [0.4, 0.5) is 0 Å². The maximum absolute atomic E-state index is 13.5.